The summed E-state index contributed by atoms with van der Waals surface area (Å²) in [6.45, 7) is 1.78. The van der Waals surface area contributed by atoms with Gasteiger partial charge >= 0.3 is 0 Å². The van der Waals surface area contributed by atoms with Gasteiger partial charge in [-0.25, -0.2) is 14.6 Å². The molecule has 6 nitrogen and oxygen atoms in total. The van der Waals surface area contributed by atoms with Crippen molar-refractivity contribution < 1.29 is 4.79 Å². The van der Waals surface area contributed by atoms with Crippen LogP contribution in [0.15, 0.2) is 30.9 Å². The molecule has 0 saturated carbocycles. The molecule has 16 heavy (non-hydrogen) atoms. The van der Waals surface area contributed by atoms with Crippen molar-refractivity contribution >= 4 is 11.7 Å². The quantitative estimate of drug-likeness (QED) is 0.832. The molecule has 0 unspecified atom stereocenters. The molecule has 0 fully saturated rings. The van der Waals surface area contributed by atoms with Crippen LogP contribution in [0.2, 0.25) is 0 Å². The van der Waals surface area contributed by atoms with Gasteiger partial charge in [0.1, 0.15) is 12.1 Å². The van der Waals surface area contributed by atoms with Crippen molar-refractivity contribution in [1.82, 2.24) is 19.7 Å². The van der Waals surface area contributed by atoms with Crippen LogP contribution in [0.1, 0.15) is 13.3 Å². The third-order valence-corrected chi connectivity index (χ3v) is 1.98. The Morgan fingerprint density at radius 3 is 3.06 bits per heavy atom. The lowest BCUT2D eigenvalue weighted by Gasteiger charge is -2.04. The number of carbonyl (C=O) groups is 1. The summed E-state index contributed by atoms with van der Waals surface area (Å²) in [6, 6.07) is 3.47. The van der Waals surface area contributed by atoms with E-state index >= 15 is 0 Å². The first-order valence-electron chi connectivity index (χ1n) is 4.91. The Balaban J connectivity index is 2.23. The lowest BCUT2D eigenvalue weighted by atomic mass is 10.4. The predicted molar refractivity (Wildman–Crippen MR) is 58.1 cm³/mol. The second-order valence-electron chi connectivity index (χ2n) is 3.11. The number of nitrogens with one attached hydrogen (secondary N) is 1. The van der Waals surface area contributed by atoms with E-state index < -0.39 is 0 Å². The maximum Gasteiger partial charge on any atom is 0.225 e. The van der Waals surface area contributed by atoms with Crippen LogP contribution in [0, 0.1) is 0 Å². The van der Waals surface area contributed by atoms with Gasteiger partial charge in [0, 0.05) is 24.9 Å². The average Bonchev–Trinajstić information content (AvgIpc) is 2.83. The third kappa shape index (κ3) is 2.22. The standard InChI is InChI=1S/C10H11N5O/c1-2-10(16)14-8-6-9(12-7-11-8)15-5-3-4-13-15/h3-7H,2H2,1H3,(H,11,12,14,16). The molecule has 0 saturated heterocycles. The Kier molecular flexibility index (Phi) is 2.90. The molecule has 1 amide bonds. The van der Waals surface area contributed by atoms with Crippen molar-refractivity contribution in [2.45, 2.75) is 13.3 Å². The molecule has 2 aromatic heterocycles. The van der Waals surface area contributed by atoms with Crippen LogP contribution in [0.25, 0.3) is 5.82 Å². The number of aromatic nitrogens is 4. The van der Waals surface area contributed by atoms with Gasteiger partial charge in [-0.1, -0.05) is 6.92 Å². The van der Waals surface area contributed by atoms with Crippen LogP contribution < -0.4 is 5.32 Å². The fraction of sp³-hybridized carbons (Fsp3) is 0.200. The van der Waals surface area contributed by atoms with E-state index in [1.165, 1.54) is 6.33 Å². The zero-order valence-corrected chi connectivity index (χ0v) is 8.79. The molecule has 0 spiro atoms. The van der Waals surface area contributed by atoms with Gasteiger partial charge in [-0.15, -0.1) is 0 Å². The lowest BCUT2D eigenvalue weighted by Crippen LogP contribution is -2.11. The van der Waals surface area contributed by atoms with Gasteiger partial charge < -0.3 is 5.32 Å². The number of rotatable bonds is 3. The largest absolute Gasteiger partial charge is 0.311 e. The van der Waals surface area contributed by atoms with Gasteiger partial charge in [0.2, 0.25) is 5.91 Å². The Morgan fingerprint density at radius 2 is 2.38 bits per heavy atom. The van der Waals surface area contributed by atoms with Crippen LogP contribution in [0.3, 0.4) is 0 Å². The van der Waals surface area contributed by atoms with Gasteiger partial charge in [-0.2, -0.15) is 5.10 Å². The summed E-state index contributed by atoms with van der Waals surface area (Å²) in [6.07, 6.45) is 5.24. The molecule has 0 aliphatic carbocycles. The average molecular weight is 217 g/mol. The highest BCUT2D eigenvalue weighted by molar-refractivity contribution is 5.89. The van der Waals surface area contributed by atoms with E-state index in [0.717, 1.165) is 0 Å². The molecule has 6 heteroatoms. The molecule has 82 valence electrons. The first-order valence-corrected chi connectivity index (χ1v) is 4.91. The first-order chi connectivity index (χ1) is 7.79. The molecule has 1 N–H and O–H groups in total. The Morgan fingerprint density at radius 1 is 1.50 bits per heavy atom. The summed E-state index contributed by atoms with van der Waals surface area (Å²) in [4.78, 5) is 19.2. The van der Waals surface area contributed by atoms with Gasteiger partial charge in [-0.3, -0.25) is 4.79 Å². The Labute approximate surface area is 92.3 Å². The number of carbonyl (C=O) groups excluding carboxylic acids is 1. The fourth-order valence-corrected chi connectivity index (χ4v) is 1.18. The van der Waals surface area contributed by atoms with Crippen LogP contribution in [0.5, 0.6) is 0 Å². The summed E-state index contributed by atoms with van der Waals surface area (Å²) >= 11 is 0. The molecular weight excluding hydrogens is 206 g/mol. The maximum absolute atomic E-state index is 11.2. The highest BCUT2D eigenvalue weighted by atomic mass is 16.1. The number of hydrogen-bond donors (Lipinski definition) is 1. The highest BCUT2D eigenvalue weighted by Gasteiger charge is 2.03. The minimum Gasteiger partial charge on any atom is -0.311 e. The van der Waals surface area contributed by atoms with Gasteiger partial charge in [0.05, 0.1) is 0 Å². The minimum atomic E-state index is -0.0786. The normalized spacial score (nSPS) is 10.1. The molecule has 0 aliphatic heterocycles. The van der Waals surface area contributed by atoms with E-state index in [2.05, 4.69) is 20.4 Å². The van der Waals surface area contributed by atoms with Crippen LogP contribution in [-0.4, -0.2) is 25.7 Å². The zero-order valence-electron chi connectivity index (χ0n) is 8.79. The minimum absolute atomic E-state index is 0.0786. The van der Waals surface area contributed by atoms with Crippen molar-refractivity contribution in [3.05, 3.63) is 30.9 Å². The summed E-state index contributed by atoms with van der Waals surface area (Å²) < 4.78 is 1.60. The maximum atomic E-state index is 11.2. The van der Waals surface area contributed by atoms with Crippen molar-refractivity contribution in [1.29, 1.82) is 0 Å². The van der Waals surface area contributed by atoms with Crippen molar-refractivity contribution in [2.24, 2.45) is 0 Å². The summed E-state index contributed by atoms with van der Waals surface area (Å²) in [5.74, 6) is 1.02. The molecule has 2 heterocycles. The SMILES string of the molecule is CCC(=O)Nc1cc(-n2cccn2)ncn1. The zero-order chi connectivity index (χ0) is 11.4. The molecule has 0 aromatic carbocycles. The van der Waals surface area contributed by atoms with E-state index in [-0.39, 0.29) is 5.91 Å². The third-order valence-electron chi connectivity index (χ3n) is 1.98. The molecule has 0 bridgehead atoms. The van der Waals surface area contributed by atoms with Gasteiger partial charge in [0.25, 0.3) is 0 Å². The second-order valence-corrected chi connectivity index (χ2v) is 3.11. The Hall–Kier alpha value is -2.24. The molecule has 0 radical (unpaired) electrons. The molecule has 2 rings (SSSR count). The van der Waals surface area contributed by atoms with Gasteiger partial charge in [-0.05, 0) is 6.07 Å². The van der Waals surface area contributed by atoms with Crippen LogP contribution in [-0.2, 0) is 4.79 Å². The van der Waals surface area contributed by atoms with Gasteiger partial charge in [0.15, 0.2) is 5.82 Å². The van der Waals surface area contributed by atoms with Crippen LogP contribution >= 0.6 is 0 Å². The molecule has 0 aliphatic rings. The summed E-state index contributed by atoms with van der Waals surface area (Å²) in [7, 11) is 0. The van der Waals surface area contributed by atoms with E-state index in [9.17, 15) is 4.79 Å². The number of amides is 1. The fourth-order valence-electron chi connectivity index (χ4n) is 1.18. The monoisotopic (exact) mass is 217 g/mol. The molecule has 0 atom stereocenters. The number of nitrogens with zero attached hydrogens (tertiary/aromatic N) is 4. The summed E-state index contributed by atoms with van der Waals surface area (Å²) in [5.41, 5.74) is 0. The van der Waals surface area contributed by atoms with Crippen molar-refractivity contribution in [2.75, 3.05) is 5.32 Å². The molecule has 2 aromatic rings. The first kappa shape index (κ1) is 10.3. The van der Waals surface area contributed by atoms with Crippen molar-refractivity contribution in [3.8, 4) is 5.82 Å². The number of anilines is 1. The van der Waals surface area contributed by atoms with Crippen LogP contribution in [0.4, 0.5) is 5.82 Å². The van der Waals surface area contributed by atoms with E-state index in [1.807, 2.05) is 0 Å². The predicted octanol–water partition coefficient (Wildman–Crippen LogP) is 1.01. The Bertz CT molecular complexity index is 480. The highest BCUT2D eigenvalue weighted by Crippen LogP contribution is 2.07. The topological polar surface area (TPSA) is 72.7 Å². The smallest absolute Gasteiger partial charge is 0.225 e. The van der Waals surface area contributed by atoms with Crippen molar-refractivity contribution in [3.63, 3.8) is 0 Å². The van der Waals surface area contributed by atoms with E-state index in [0.29, 0.717) is 18.1 Å². The van der Waals surface area contributed by atoms with E-state index in [4.69, 9.17) is 0 Å². The summed E-state index contributed by atoms with van der Waals surface area (Å²) in [5, 5.41) is 6.70. The van der Waals surface area contributed by atoms with E-state index in [1.54, 1.807) is 36.1 Å². The lowest BCUT2D eigenvalue weighted by molar-refractivity contribution is -0.115. The second kappa shape index (κ2) is 4.52. The molecular formula is C10H11N5O. The number of hydrogen-bond acceptors (Lipinski definition) is 4.